The Morgan fingerprint density at radius 2 is 0.925 bits per heavy atom. The third-order valence-corrected chi connectivity index (χ3v) is 34.2. The summed E-state index contributed by atoms with van der Waals surface area (Å²) in [4.78, 5) is 0. The van der Waals surface area contributed by atoms with Crippen LogP contribution in [0.4, 0.5) is 0 Å². The molecule has 0 aromatic rings. The van der Waals surface area contributed by atoms with E-state index in [2.05, 4.69) is 31.9 Å². The van der Waals surface area contributed by atoms with Crippen molar-refractivity contribution in [3.05, 3.63) is 11.1 Å². The molecule has 0 aliphatic heterocycles. The van der Waals surface area contributed by atoms with Crippen LogP contribution in [-0.4, -0.2) is 32.9 Å². The van der Waals surface area contributed by atoms with Crippen molar-refractivity contribution >= 4 is 36.1 Å². The van der Waals surface area contributed by atoms with Gasteiger partial charge in [0, 0.05) is 0 Å². The Balaban J connectivity index is 1.73. The minimum absolute atomic E-state index is 0.144. The van der Waals surface area contributed by atoms with Gasteiger partial charge in [-0.2, -0.15) is 0 Å². The van der Waals surface area contributed by atoms with Crippen LogP contribution in [-0.2, 0) is 0 Å². The van der Waals surface area contributed by atoms with Gasteiger partial charge in [0.05, 0.1) is 0 Å². The molecule has 0 aromatic heterocycles. The van der Waals surface area contributed by atoms with E-state index in [4.69, 9.17) is 11.6 Å². The fraction of sp³-hybridized carbons (Fsp3) is 0.944. The zero-order chi connectivity index (χ0) is 28.1. The van der Waals surface area contributed by atoms with E-state index >= 15 is 0 Å². The molecule has 0 heterocycles. The predicted molar refractivity (Wildman–Crippen MR) is 186 cm³/mol. The number of hydrogen-bond acceptors (Lipinski definition) is 0. The molecule has 0 spiro atoms. The number of halogens is 2. The van der Waals surface area contributed by atoms with Crippen LogP contribution in [0, 0.1) is 5.41 Å². The third-order valence-electron chi connectivity index (χ3n) is 13.5. The SMILES string of the molecule is CC(C)(C)C=C([P+](C1CCCC1)(C1CCCC1)C1CCCC1)P(Cl)(C1CCCC1)(C1CCCC1)C1(Cl)CCCC1. The molecular formula is C36H63Cl2P2+. The summed E-state index contributed by atoms with van der Waals surface area (Å²) in [5, 5.41) is 2.05. The molecule has 0 atom stereocenters. The monoisotopic (exact) mass is 627 g/mol. The summed E-state index contributed by atoms with van der Waals surface area (Å²) in [5.41, 5.74) is 4.43. The molecule has 230 valence electrons. The van der Waals surface area contributed by atoms with Crippen LogP contribution < -0.4 is 0 Å². The van der Waals surface area contributed by atoms with Crippen LogP contribution in [0.25, 0.3) is 0 Å². The van der Waals surface area contributed by atoms with Gasteiger partial charge in [0.15, 0.2) is 0 Å². The number of hydrogen-bond donors (Lipinski definition) is 0. The number of alkyl halides is 1. The van der Waals surface area contributed by atoms with Gasteiger partial charge in [0.1, 0.15) is 0 Å². The fourth-order valence-electron chi connectivity index (χ4n) is 12.2. The van der Waals surface area contributed by atoms with E-state index in [1.165, 1.54) is 154 Å². The second-order valence-electron chi connectivity index (χ2n) is 16.7. The molecule has 0 unspecified atom stereocenters. The normalized spacial score (nSPS) is 30.1. The molecule has 4 heteroatoms. The summed E-state index contributed by atoms with van der Waals surface area (Å²) < 4.78 is -0.144. The van der Waals surface area contributed by atoms with Crippen molar-refractivity contribution in [2.75, 3.05) is 0 Å². The van der Waals surface area contributed by atoms with Gasteiger partial charge in [-0.1, -0.05) is 0 Å². The molecule has 6 aliphatic carbocycles. The van der Waals surface area contributed by atoms with Crippen LogP contribution in [0.15, 0.2) is 11.1 Å². The van der Waals surface area contributed by atoms with Crippen LogP contribution in [0.1, 0.15) is 175 Å². The first-order valence-corrected chi connectivity index (χ1v) is 23.8. The molecule has 0 bridgehead atoms. The van der Waals surface area contributed by atoms with E-state index < -0.39 is 13.2 Å². The van der Waals surface area contributed by atoms with Gasteiger partial charge in [-0.25, -0.2) is 0 Å². The zero-order valence-corrected chi connectivity index (χ0v) is 29.9. The van der Waals surface area contributed by atoms with E-state index in [9.17, 15) is 11.2 Å². The molecular weight excluding hydrogens is 565 g/mol. The van der Waals surface area contributed by atoms with E-state index in [1.54, 1.807) is 0 Å². The Kier molecular flexibility index (Phi) is 9.23. The summed E-state index contributed by atoms with van der Waals surface area (Å²) in [6, 6.07) is 0. The van der Waals surface area contributed by atoms with Crippen molar-refractivity contribution in [1.82, 2.24) is 0 Å². The third kappa shape index (κ3) is 4.70. The van der Waals surface area contributed by atoms with Gasteiger partial charge in [0.25, 0.3) is 0 Å². The number of allylic oxidation sites excluding steroid dienone is 1. The Labute approximate surface area is 259 Å². The first-order chi connectivity index (χ1) is 19.2. The molecule has 0 saturated heterocycles. The summed E-state index contributed by atoms with van der Waals surface area (Å²) >= 11 is 18.1. The van der Waals surface area contributed by atoms with Crippen molar-refractivity contribution in [2.45, 2.75) is 208 Å². The van der Waals surface area contributed by atoms with Gasteiger partial charge in [-0.15, -0.1) is 0 Å². The van der Waals surface area contributed by atoms with E-state index in [-0.39, 0.29) is 10.0 Å². The maximum absolute atomic E-state index is 9.51. The molecule has 6 aliphatic rings. The fourth-order valence-corrected chi connectivity index (χ4v) is 37.4. The second-order valence-corrected chi connectivity index (χ2v) is 29.6. The molecule has 0 radical (unpaired) electrons. The van der Waals surface area contributed by atoms with E-state index in [0.717, 1.165) is 17.0 Å². The van der Waals surface area contributed by atoms with Crippen molar-refractivity contribution in [3.8, 4) is 0 Å². The van der Waals surface area contributed by atoms with Gasteiger partial charge < -0.3 is 0 Å². The predicted octanol–water partition coefficient (Wildman–Crippen LogP) is 13.8. The molecule has 0 amide bonds. The quantitative estimate of drug-likeness (QED) is 0.185. The standard InChI is InChI=1S/C36H63Cl2P2/c1-35(2,3)28-34(39(29-16-4-5-17-29,30-18-6-7-19-30)31-20-8-9-21-31)40(38,32-22-10-11-23-32,33-24-12-13-25-33)36(37)26-14-15-27-36/h28-33H,4-27H2,1-3H3/q+1. The summed E-state index contributed by atoms with van der Waals surface area (Å²) in [6.07, 6.45) is 37.1. The van der Waals surface area contributed by atoms with E-state index in [1.807, 2.05) is 0 Å². The summed E-state index contributed by atoms with van der Waals surface area (Å²) in [5.74, 6) is -3.10. The minimum atomic E-state index is -3.10. The van der Waals surface area contributed by atoms with E-state index in [0.29, 0.717) is 11.3 Å². The van der Waals surface area contributed by atoms with Crippen molar-refractivity contribution in [3.63, 3.8) is 0 Å². The molecule has 0 aromatic carbocycles. The van der Waals surface area contributed by atoms with Gasteiger partial charge in [0.2, 0.25) is 0 Å². The first kappa shape index (κ1) is 31.2. The van der Waals surface area contributed by atoms with Gasteiger partial charge >= 0.3 is 260 Å². The van der Waals surface area contributed by atoms with Crippen LogP contribution in [0.3, 0.4) is 0 Å². The Hall–Kier alpha value is 1.18. The molecule has 0 nitrogen and oxygen atoms in total. The summed E-state index contributed by atoms with van der Waals surface area (Å²) in [6.45, 7) is 7.61. The van der Waals surface area contributed by atoms with Gasteiger partial charge in [-0.05, 0) is 0 Å². The Morgan fingerprint density at radius 3 is 1.25 bits per heavy atom. The average Bonchev–Trinajstić information content (AvgIpc) is 3.76. The maximum atomic E-state index is 9.51. The molecule has 6 fully saturated rings. The average molecular weight is 629 g/mol. The Morgan fingerprint density at radius 1 is 0.600 bits per heavy atom. The van der Waals surface area contributed by atoms with Crippen molar-refractivity contribution < 1.29 is 0 Å². The topological polar surface area (TPSA) is 0 Å². The second kappa shape index (κ2) is 11.8. The molecule has 6 saturated carbocycles. The molecule has 6 rings (SSSR count). The van der Waals surface area contributed by atoms with Gasteiger partial charge in [-0.3, -0.25) is 0 Å². The Bertz CT molecular complexity index is 841. The van der Waals surface area contributed by atoms with Crippen molar-refractivity contribution in [2.24, 2.45) is 5.41 Å². The molecule has 40 heavy (non-hydrogen) atoms. The molecule has 0 N–H and O–H groups in total. The number of rotatable bonds is 8. The van der Waals surface area contributed by atoms with Crippen LogP contribution in [0.5, 0.6) is 0 Å². The van der Waals surface area contributed by atoms with Crippen LogP contribution >= 0.6 is 36.1 Å². The summed E-state index contributed by atoms with van der Waals surface area (Å²) in [7, 11) is -1.53. The zero-order valence-electron chi connectivity index (χ0n) is 26.6. The first-order valence-electron chi connectivity index (χ1n) is 18.2. The van der Waals surface area contributed by atoms with Crippen LogP contribution in [0.2, 0.25) is 0 Å². The van der Waals surface area contributed by atoms with Crippen molar-refractivity contribution in [1.29, 1.82) is 0 Å².